The summed E-state index contributed by atoms with van der Waals surface area (Å²) in [4.78, 5) is 17.3. The number of carbonyl (C=O) groups excluding carboxylic acids is 1. The smallest absolute Gasteiger partial charge is 0.224 e. The number of nitrogen functional groups attached to an aromatic ring is 1. The summed E-state index contributed by atoms with van der Waals surface area (Å²) in [6.45, 7) is 1.20. The minimum atomic E-state index is 0.0479. The molecule has 1 saturated heterocycles. The van der Waals surface area contributed by atoms with Crippen LogP contribution in [0.2, 0.25) is 0 Å². The predicted molar refractivity (Wildman–Crippen MR) is 61.0 cm³/mol. The topological polar surface area (TPSA) is 59.2 Å². The van der Waals surface area contributed by atoms with Gasteiger partial charge in [0.1, 0.15) is 5.82 Å². The van der Waals surface area contributed by atoms with Crippen LogP contribution in [0, 0.1) is 18.3 Å². The highest BCUT2D eigenvalue weighted by Crippen LogP contribution is 2.19. The van der Waals surface area contributed by atoms with Gasteiger partial charge in [-0.3, -0.25) is 4.79 Å². The van der Waals surface area contributed by atoms with Gasteiger partial charge >= 0.3 is 0 Å². The monoisotopic (exact) mass is 215 g/mol. The van der Waals surface area contributed by atoms with E-state index < -0.39 is 0 Å². The minimum Gasteiger partial charge on any atom is -0.384 e. The van der Waals surface area contributed by atoms with Gasteiger partial charge in [0.15, 0.2) is 0 Å². The zero-order valence-electron chi connectivity index (χ0n) is 8.89. The number of terminal acetylenes is 1. The van der Waals surface area contributed by atoms with E-state index in [0.29, 0.717) is 25.3 Å². The van der Waals surface area contributed by atoms with Crippen LogP contribution < -0.4 is 5.73 Å². The zero-order chi connectivity index (χ0) is 11.5. The fourth-order valence-electron chi connectivity index (χ4n) is 1.85. The molecule has 2 rings (SSSR count). The van der Waals surface area contributed by atoms with Crippen LogP contribution in [0.3, 0.4) is 0 Å². The number of amides is 1. The molecule has 1 aromatic rings. The van der Waals surface area contributed by atoms with Gasteiger partial charge in [-0.05, 0) is 17.7 Å². The molecule has 0 spiro atoms. The third-order valence-corrected chi connectivity index (χ3v) is 2.67. The molecule has 0 bridgehead atoms. The van der Waals surface area contributed by atoms with Crippen molar-refractivity contribution in [2.24, 2.45) is 5.92 Å². The Kier molecular flexibility index (Phi) is 2.78. The third-order valence-electron chi connectivity index (χ3n) is 2.67. The van der Waals surface area contributed by atoms with E-state index in [2.05, 4.69) is 10.9 Å². The lowest BCUT2D eigenvalue weighted by atomic mass is 10.1. The zero-order valence-corrected chi connectivity index (χ0v) is 8.89. The number of rotatable bonds is 2. The molecule has 2 heterocycles. The molecule has 0 saturated carbocycles. The number of pyridine rings is 1. The second kappa shape index (κ2) is 4.23. The van der Waals surface area contributed by atoms with Gasteiger partial charge in [-0.2, -0.15) is 0 Å². The maximum atomic E-state index is 11.6. The standard InChI is InChI=1S/C12H13N3O/c1-2-9-6-12(16)15(7-9)8-10-3-4-14-11(13)5-10/h1,3-5,9H,6-8H2,(H2,13,14). The summed E-state index contributed by atoms with van der Waals surface area (Å²) >= 11 is 0. The maximum Gasteiger partial charge on any atom is 0.224 e. The molecule has 4 nitrogen and oxygen atoms in total. The Morgan fingerprint density at radius 2 is 2.50 bits per heavy atom. The summed E-state index contributed by atoms with van der Waals surface area (Å²) in [6.07, 6.45) is 7.42. The van der Waals surface area contributed by atoms with Gasteiger partial charge in [-0.1, -0.05) is 0 Å². The van der Waals surface area contributed by atoms with Gasteiger partial charge in [0, 0.05) is 31.6 Å². The number of anilines is 1. The number of nitrogens with zero attached hydrogens (tertiary/aromatic N) is 2. The highest BCUT2D eigenvalue weighted by Gasteiger charge is 2.27. The molecule has 1 aliphatic rings. The molecule has 0 radical (unpaired) electrons. The SMILES string of the molecule is C#CC1CC(=O)N(Cc2ccnc(N)c2)C1. The Hall–Kier alpha value is -2.02. The second-order valence-corrected chi connectivity index (χ2v) is 3.93. The van der Waals surface area contributed by atoms with Crippen LogP contribution in [-0.4, -0.2) is 22.3 Å². The molecule has 1 aromatic heterocycles. The molecule has 4 heteroatoms. The van der Waals surface area contributed by atoms with Crippen molar-refractivity contribution in [1.29, 1.82) is 0 Å². The molecular weight excluding hydrogens is 202 g/mol. The maximum absolute atomic E-state index is 11.6. The molecule has 2 N–H and O–H groups in total. The van der Waals surface area contributed by atoms with E-state index in [0.717, 1.165) is 5.56 Å². The van der Waals surface area contributed by atoms with Gasteiger partial charge in [-0.25, -0.2) is 4.98 Å². The van der Waals surface area contributed by atoms with Gasteiger partial charge in [0.05, 0.1) is 0 Å². The van der Waals surface area contributed by atoms with E-state index in [1.54, 1.807) is 17.2 Å². The molecular formula is C12H13N3O. The first-order valence-corrected chi connectivity index (χ1v) is 5.13. The van der Waals surface area contributed by atoms with Crippen molar-refractivity contribution < 1.29 is 4.79 Å². The minimum absolute atomic E-state index is 0.0479. The number of carbonyl (C=O) groups is 1. The van der Waals surface area contributed by atoms with Crippen molar-refractivity contribution in [3.63, 3.8) is 0 Å². The summed E-state index contributed by atoms with van der Waals surface area (Å²) in [5.41, 5.74) is 6.56. The number of nitrogens with two attached hydrogens (primary N) is 1. The molecule has 1 aliphatic heterocycles. The lowest BCUT2D eigenvalue weighted by Gasteiger charge is -2.15. The third kappa shape index (κ3) is 2.14. The Bertz CT molecular complexity index is 450. The highest BCUT2D eigenvalue weighted by molar-refractivity contribution is 5.79. The molecule has 82 valence electrons. The first kappa shape index (κ1) is 10.5. The fraction of sp³-hybridized carbons (Fsp3) is 0.333. The lowest BCUT2D eigenvalue weighted by Crippen LogP contribution is -2.24. The van der Waals surface area contributed by atoms with Crippen molar-refractivity contribution in [3.8, 4) is 12.3 Å². The van der Waals surface area contributed by atoms with E-state index in [1.165, 1.54) is 0 Å². The van der Waals surface area contributed by atoms with Crippen LogP contribution in [-0.2, 0) is 11.3 Å². The molecule has 1 amide bonds. The van der Waals surface area contributed by atoms with Gasteiger partial charge < -0.3 is 10.6 Å². The van der Waals surface area contributed by atoms with Crippen LogP contribution in [0.25, 0.3) is 0 Å². The molecule has 1 fully saturated rings. The van der Waals surface area contributed by atoms with E-state index in [4.69, 9.17) is 12.2 Å². The summed E-state index contributed by atoms with van der Waals surface area (Å²) in [5.74, 6) is 3.25. The Morgan fingerprint density at radius 1 is 1.69 bits per heavy atom. The predicted octanol–water partition coefficient (Wildman–Crippen LogP) is 0.646. The van der Waals surface area contributed by atoms with Gasteiger partial charge in [0.25, 0.3) is 0 Å². The van der Waals surface area contributed by atoms with E-state index in [1.807, 2.05) is 6.07 Å². The number of hydrogen-bond donors (Lipinski definition) is 1. The van der Waals surface area contributed by atoms with Gasteiger partial charge in [-0.15, -0.1) is 12.3 Å². The second-order valence-electron chi connectivity index (χ2n) is 3.93. The number of aromatic nitrogens is 1. The Morgan fingerprint density at radius 3 is 3.12 bits per heavy atom. The normalized spacial score (nSPS) is 19.8. The van der Waals surface area contributed by atoms with E-state index in [9.17, 15) is 4.79 Å². The molecule has 1 atom stereocenters. The molecule has 1 unspecified atom stereocenters. The first-order chi connectivity index (χ1) is 7.69. The number of hydrogen-bond acceptors (Lipinski definition) is 3. The van der Waals surface area contributed by atoms with Crippen molar-refractivity contribution in [2.45, 2.75) is 13.0 Å². The summed E-state index contributed by atoms with van der Waals surface area (Å²) in [5, 5.41) is 0. The van der Waals surface area contributed by atoms with Crippen molar-refractivity contribution >= 4 is 11.7 Å². The lowest BCUT2D eigenvalue weighted by molar-refractivity contribution is -0.128. The largest absolute Gasteiger partial charge is 0.384 e. The summed E-state index contributed by atoms with van der Waals surface area (Å²) in [6, 6.07) is 3.63. The van der Waals surface area contributed by atoms with Crippen LogP contribution in [0.4, 0.5) is 5.82 Å². The number of likely N-dealkylation sites (tertiary alicyclic amines) is 1. The van der Waals surface area contributed by atoms with Crippen LogP contribution >= 0.6 is 0 Å². The highest BCUT2D eigenvalue weighted by atomic mass is 16.2. The molecule has 0 aromatic carbocycles. The fourth-order valence-corrected chi connectivity index (χ4v) is 1.85. The van der Waals surface area contributed by atoms with Gasteiger partial charge in [0.2, 0.25) is 5.91 Å². The summed E-state index contributed by atoms with van der Waals surface area (Å²) < 4.78 is 0. The van der Waals surface area contributed by atoms with Crippen LogP contribution in [0.1, 0.15) is 12.0 Å². The average molecular weight is 215 g/mol. The Balaban J connectivity index is 2.06. The van der Waals surface area contributed by atoms with Crippen LogP contribution in [0.5, 0.6) is 0 Å². The van der Waals surface area contributed by atoms with Crippen molar-refractivity contribution in [3.05, 3.63) is 23.9 Å². The summed E-state index contributed by atoms with van der Waals surface area (Å²) in [7, 11) is 0. The average Bonchev–Trinajstić information content (AvgIpc) is 2.60. The van der Waals surface area contributed by atoms with E-state index >= 15 is 0 Å². The van der Waals surface area contributed by atoms with Crippen molar-refractivity contribution in [1.82, 2.24) is 9.88 Å². The molecule has 16 heavy (non-hydrogen) atoms. The Labute approximate surface area is 94.5 Å². The van der Waals surface area contributed by atoms with E-state index in [-0.39, 0.29) is 11.8 Å². The first-order valence-electron chi connectivity index (χ1n) is 5.13. The molecule has 0 aliphatic carbocycles. The van der Waals surface area contributed by atoms with Crippen LogP contribution in [0.15, 0.2) is 18.3 Å². The van der Waals surface area contributed by atoms with Crippen molar-refractivity contribution in [2.75, 3.05) is 12.3 Å². The quantitative estimate of drug-likeness (QED) is 0.737.